The highest BCUT2D eigenvalue weighted by atomic mass is 16.5. The van der Waals surface area contributed by atoms with Gasteiger partial charge in [-0.25, -0.2) is 0 Å². The molecule has 0 bridgehead atoms. The number of phenols is 1. The zero-order valence-electron chi connectivity index (χ0n) is 9.70. The van der Waals surface area contributed by atoms with Crippen LogP contribution in [0.2, 0.25) is 0 Å². The molecule has 1 aromatic carbocycles. The van der Waals surface area contributed by atoms with Gasteiger partial charge in [-0.2, -0.15) is 0 Å². The van der Waals surface area contributed by atoms with Crippen molar-refractivity contribution in [3.8, 4) is 5.75 Å². The van der Waals surface area contributed by atoms with Crippen molar-refractivity contribution in [2.75, 3.05) is 25.1 Å². The lowest BCUT2D eigenvalue weighted by Gasteiger charge is -2.22. The number of hydrogen-bond acceptors (Lipinski definition) is 3. The molecular formula is C13H19NO2. The Balaban J connectivity index is 1.86. The third kappa shape index (κ3) is 2.89. The molecule has 0 atom stereocenters. The molecule has 0 aliphatic carbocycles. The SMILES string of the molecule is Cc1cc(NCC2CCOCC2)ccc1O. The maximum atomic E-state index is 9.42. The van der Waals surface area contributed by atoms with Crippen LogP contribution in [0.3, 0.4) is 0 Å². The fraction of sp³-hybridized carbons (Fsp3) is 0.538. The van der Waals surface area contributed by atoms with E-state index in [0.717, 1.165) is 43.9 Å². The molecule has 16 heavy (non-hydrogen) atoms. The number of ether oxygens (including phenoxy) is 1. The molecule has 2 rings (SSSR count). The molecular weight excluding hydrogens is 202 g/mol. The molecule has 1 fully saturated rings. The highest BCUT2D eigenvalue weighted by Gasteiger charge is 2.13. The van der Waals surface area contributed by atoms with Crippen LogP contribution < -0.4 is 5.32 Å². The minimum Gasteiger partial charge on any atom is -0.508 e. The Morgan fingerprint density at radius 2 is 2.12 bits per heavy atom. The van der Waals surface area contributed by atoms with E-state index >= 15 is 0 Å². The second kappa shape index (κ2) is 5.21. The van der Waals surface area contributed by atoms with Gasteiger partial charge in [0, 0.05) is 25.4 Å². The van der Waals surface area contributed by atoms with Crippen LogP contribution in [0.25, 0.3) is 0 Å². The Labute approximate surface area is 96.4 Å². The molecule has 1 aliphatic rings. The molecule has 3 heteroatoms. The Hall–Kier alpha value is -1.22. The zero-order valence-corrected chi connectivity index (χ0v) is 9.70. The highest BCUT2D eigenvalue weighted by Crippen LogP contribution is 2.21. The Kier molecular flexibility index (Phi) is 3.67. The van der Waals surface area contributed by atoms with E-state index in [1.807, 2.05) is 19.1 Å². The molecule has 1 aromatic rings. The fourth-order valence-electron chi connectivity index (χ4n) is 1.98. The highest BCUT2D eigenvalue weighted by molar-refractivity contribution is 5.50. The topological polar surface area (TPSA) is 41.5 Å². The van der Waals surface area contributed by atoms with Crippen LogP contribution in [-0.4, -0.2) is 24.9 Å². The summed E-state index contributed by atoms with van der Waals surface area (Å²) in [6.45, 7) is 4.68. The van der Waals surface area contributed by atoms with Crippen molar-refractivity contribution in [1.29, 1.82) is 0 Å². The van der Waals surface area contributed by atoms with Gasteiger partial charge < -0.3 is 15.2 Å². The predicted molar refractivity (Wildman–Crippen MR) is 64.9 cm³/mol. The first-order chi connectivity index (χ1) is 7.75. The number of phenolic OH excluding ortho intramolecular Hbond substituents is 1. The molecule has 88 valence electrons. The van der Waals surface area contributed by atoms with Crippen LogP contribution in [-0.2, 0) is 4.74 Å². The van der Waals surface area contributed by atoms with E-state index in [2.05, 4.69) is 5.32 Å². The predicted octanol–water partition coefficient (Wildman–Crippen LogP) is 2.54. The lowest BCUT2D eigenvalue weighted by Crippen LogP contribution is -2.22. The largest absolute Gasteiger partial charge is 0.508 e. The molecule has 0 amide bonds. The maximum absolute atomic E-state index is 9.42. The lowest BCUT2D eigenvalue weighted by molar-refractivity contribution is 0.0699. The fourth-order valence-corrected chi connectivity index (χ4v) is 1.98. The van der Waals surface area contributed by atoms with Crippen molar-refractivity contribution in [2.45, 2.75) is 19.8 Å². The van der Waals surface area contributed by atoms with Crippen LogP contribution in [0.4, 0.5) is 5.69 Å². The first kappa shape index (κ1) is 11.3. The number of aromatic hydroxyl groups is 1. The molecule has 0 aromatic heterocycles. The number of aryl methyl sites for hydroxylation is 1. The number of benzene rings is 1. The van der Waals surface area contributed by atoms with Crippen LogP contribution in [0.1, 0.15) is 18.4 Å². The second-order valence-corrected chi connectivity index (χ2v) is 4.44. The standard InChI is InChI=1S/C13H19NO2/c1-10-8-12(2-3-13(10)15)14-9-11-4-6-16-7-5-11/h2-3,8,11,14-15H,4-7,9H2,1H3. The van der Waals surface area contributed by atoms with E-state index in [4.69, 9.17) is 4.74 Å². The summed E-state index contributed by atoms with van der Waals surface area (Å²) in [4.78, 5) is 0. The van der Waals surface area contributed by atoms with Crippen LogP contribution in [0, 0.1) is 12.8 Å². The van der Waals surface area contributed by atoms with Crippen molar-refractivity contribution in [1.82, 2.24) is 0 Å². The number of rotatable bonds is 3. The lowest BCUT2D eigenvalue weighted by atomic mass is 10.0. The van der Waals surface area contributed by atoms with Gasteiger partial charge in [0.25, 0.3) is 0 Å². The summed E-state index contributed by atoms with van der Waals surface area (Å²) in [6, 6.07) is 5.64. The summed E-state index contributed by atoms with van der Waals surface area (Å²) in [5.41, 5.74) is 2.00. The molecule has 0 spiro atoms. The van der Waals surface area contributed by atoms with Gasteiger partial charge in [0.2, 0.25) is 0 Å². The molecule has 3 nitrogen and oxygen atoms in total. The van der Waals surface area contributed by atoms with E-state index in [9.17, 15) is 5.11 Å². The third-order valence-electron chi connectivity index (χ3n) is 3.13. The minimum absolute atomic E-state index is 0.358. The Bertz CT molecular complexity index is 346. The Morgan fingerprint density at radius 3 is 2.81 bits per heavy atom. The number of anilines is 1. The molecule has 0 unspecified atom stereocenters. The van der Waals surface area contributed by atoms with E-state index < -0.39 is 0 Å². The number of nitrogens with one attached hydrogen (secondary N) is 1. The summed E-state index contributed by atoms with van der Waals surface area (Å²) in [6.07, 6.45) is 2.29. The zero-order chi connectivity index (χ0) is 11.4. The minimum atomic E-state index is 0.358. The molecule has 2 N–H and O–H groups in total. The monoisotopic (exact) mass is 221 g/mol. The normalized spacial score (nSPS) is 17.3. The average Bonchev–Trinajstić information content (AvgIpc) is 2.32. The van der Waals surface area contributed by atoms with Gasteiger partial charge in [0.05, 0.1) is 0 Å². The van der Waals surface area contributed by atoms with Gasteiger partial charge in [-0.05, 0) is 49.4 Å². The van der Waals surface area contributed by atoms with Gasteiger partial charge in [0.1, 0.15) is 5.75 Å². The van der Waals surface area contributed by atoms with Crippen molar-refractivity contribution in [2.24, 2.45) is 5.92 Å². The summed E-state index contributed by atoms with van der Waals surface area (Å²) < 4.78 is 5.33. The van der Waals surface area contributed by atoms with Gasteiger partial charge in [0.15, 0.2) is 0 Å². The molecule has 0 saturated carbocycles. The third-order valence-corrected chi connectivity index (χ3v) is 3.13. The van der Waals surface area contributed by atoms with E-state index in [1.54, 1.807) is 6.07 Å². The molecule has 0 radical (unpaired) electrons. The molecule has 1 heterocycles. The van der Waals surface area contributed by atoms with Crippen LogP contribution in [0.5, 0.6) is 5.75 Å². The maximum Gasteiger partial charge on any atom is 0.118 e. The van der Waals surface area contributed by atoms with E-state index in [1.165, 1.54) is 0 Å². The van der Waals surface area contributed by atoms with E-state index in [0.29, 0.717) is 11.7 Å². The molecule has 1 saturated heterocycles. The quantitative estimate of drug-likeness (QED) is 0.771. The van der Waals surface area contributed by atoms with Gasteiger partial charge in [-0.1, -0.05) is 0 Å². The summed E-state index contributed by atoms with van der Waals surface area (Å²) in [5, 5.41) is 12.8. The van der Waals surface area contributed by atoms with Gasteiger partial charge >= 0.3 is 0 Å². The van der Waals surface area contributed by atoms with Gasteiger partial charge in [-0.3, -0.25) is 0 Å². The van der Waals surface area contributed by atoms with Crippen molar-refractivity contribution < 1.29 is 9.84 Å². The number of hydrogen-bond donors (Lipinski definition) is 2. The Morgan fingerprint density at radius 1 is 1.38 bits per heavy atom. The summed E-state index contributed by atoms with van der Waals surface area (Å²) in [7, 11) is 0. The van der Waals surface area contributed by atoms with Crippen molar-refractivity contribution in [3.05, 3.63) is 23.8 Å². The molecule has 1 aliphatic heterocycles. The van der Waals surface area contributed by atoms with E-state index in [-0.39, 0.29) is 0 Å². The average molecular weight is 221 g/mol. The van der Waals surface area contributed by atoms with Crippen molar-refractivity contribution >= 4 is 5.69 Å². The van der Waals surface area contributed by atoms with Crippen LogP contribution >= 0.6 is 0 Å². The second-order valence-electron chi connectivity index (χ2n) is 4.44. The smallest absolute Gasteiger partial charge is 0.118 e. The van der Waals surface area contributed by atoms with Gasteiger partial charge in [-0.15, -0.1) is 0 Å². The summed E-state index contributed by atoms with van der Waals surface area (Å²) in [5.74, 6) is 1.07. The van der Waals surface area contributed by atoms with Crippen LogP contribution in [0.15, 0.2) is 18.2 Å². The first-order valence-corrected chi connectivity index (χ1v) is 5.87. The first-order valence-electron chi connectivity index (χ1n) is 5.87. The summed E-state index contributed by atoms with van der Waals surface area (Å²) >= 11 is 0. The van der Waals surface area contributed by atoms with Crippen molar-refractivity contribution in [3.63, 3.8) is 0 Å².